The lowest BCUT2D eigenvalue weighted by atomic mass is 10.0. The molecule has 0 saturated carbocycles. The third-order valence-corrected chi connectivity index (χ3v) is 5.89. The summed E-state index contributed by atoms with van der Waals surface area (Å²) in [5.74, 6) is 0.332. The van der Waals surface area contributed by atoms with Crippen LogP contribution in [0.2, 0.25) is 0 Å². The Hall–Kier alpha value is -0.920. The fraction of sp³-hybridized carbons (Fsp3) is 0.786. The molecule has 0 aliphatic carbocycles. The summed E-state index contributed by atoms with van der Waals surface area (Å²) in [5, 5.41) is 3.71. The molecule has 6 nitrogen and oxygen atoms in total. The van der Waals surface area contributed by atoms with Crippen LogP contribution in [0.25, 0.3) is 0 Å². The van der Waals surface area contributed by atoms with E-state index in [4.69, 9.17) is 4.52 Å². The smallest absolute Gasteiger partial charge is 0.246 e. The van der Waals surface area contributed by atoms with Gasteiger partial charge in [-0.15, -0.1) is 0 Å². The van der Waals surface area contributed by atoms with Crippen LogP contribution >= 0.6 is 0 Å². The standard InChI is InChI=1S/C14H25N3O3S/c1-10-7-5-6-8-17(10)11(2)9-15-21(18,19)14-12(3)16-20-13(14)4/h10-11,15H,5-9H2,1-4H3/t10-,11-/m1/s1. The average molecular weight is 315 g/mol. The van der Waals surface area contributed by atoms with Crippen LogP contribution in [-0.2, 0) is 10.0 Å². The van der Waals surface area contributed by atoms with Gasteiger partial charge >= 0.3 is 0 Å². The van der Waals surface area contributed by atoms with Crippen molar-refractivity contribution in [3.8, 4) is 0 Å². The van der Waals surface area contributed by atoms with Crippen LogP contribution in [0.5, 0.6) is 0 Å². The molecule has 1 saturated heterocycles. The number of nitrogens with zero attached hydrogens (tertiary/aromatic N) is 2. The molecule has 0 radical (unpaired) electrons. The van der Waals surface area contributed by atoms with Gasteiger partial charge in [0.05, 0.1) is 0 Å². The highest BCUT2D eigenvalue weighted by Crippen LogP contribution is 2.21. The molecule has 120 valence electrons. The van der Waals surface area contributed by atoms with Crippen LogP contribution in [-0.4, -0.2) is 43.6 Å². The summed E-state index contributed by atoms with van der Waals surface area (Å²) in [6.45, 7) is 8.97. The van der Waals surface area contributed by atoms with Gasteiger partial charge in [-0.1, -0.05) is 11.6 Å². The lowest BCUT2D eigenvalue weighted by Gasteiger charge is -2.38. The highest BCUT2D eigenvalue weighted by molar-refractivity contribution is 7.89. The Morgan fingerprint density at radius 3 is 2.71 bits per heavy atom. The first kappa shape index (κ1) is 16.5. The lowest BCUT2D eigenvalue weighted by Crippen LogP contribution is -2.48. The first-order chi connectivity index (χ1) is 9.83. The minimum atomic E-state index is -3.56. The number of sulfonamides is 1. The molecule has 0 spiro atoms. The zero-order valence-corrected chi connectivity index (χ0v) is 14.0. The number of aryl methyl sites for hydroxylation is 2. The van der Waals surface area contributed by atoms with E-state index in [1.807, 2.05) is 0 Å². The molecule has 0 aromatic carbocycles. The van der Waals surface area contributed by atoms with Crippen LogP contribution in [0.1, 0.15) is 44.6 Å². The number of hydrogen-bond acceptors (Lipinski definition) is 5. The Morgan fingerprint density at radius 2 is 2.14 bits per heavy atom. The maximum Gasteiger partial charge on any atom is 0.246 e. The highest BCUT2D eigenvalue weighted by atomic mass is 32.2. The van der Waals surface area contributed by atoms with E-state index in [2.05, 4.69) is 28.6 Å². The number of aromatic nitrogens is 1. The summed E-state index contributed by atoms with van der Waals surface area (Å²) < 4.78 is 32.4. The van der Waals surface area contributed by atoms with Crippen molar-refractivity contribution in [3.05, 3.63) is 11.5 Å². The maximum atomic E-state index is 12.4. The van der Waals surface area contributed by atoms with Gasteiger partial charge in [0.2, 0.25) is 10.0 Å². The predicted octanol–water partition coefficient (Wildman–Crippen LogP) is 1.83. The normalized spacial score (nSPS) is 22.4. The molecule has 1 aromatic heterocycles. The molecule has 1 fully saturated rings. The van der Waals surface area contributed by atoms with E-state index in [-0.39, 0.29) is 10.9 Å². The molecule has 1 aromatic rings. The minimum Gasteiger partial charge on any atom is -0.360 e. The molecule has 0 bridgehead atoms. The molecule has 0 unspecified atom stereocenters. The van der Waals surface area contributed by atoms with Crippen molar-refractivity contribution in [2.45, 2.75) is 63.9 Å². The number of nitrogens with one attached hydrogen (secondary N) is 1. The van der Waals surface area contributed by atoms with E-state index < -0.39 is 10.0 Å². The van der Waals surface area contributed by atoms with Crippen molar-refractivity contribution >= 4 is 10.0 Å². The third kappa shape index (κ3) is 3.64. The zero-order chi connectivity index (χ0) is 15.6. The molecule has 0 amide bonds. The molecule has 2 rings (SSSR count). The SMILES string of the molecule is Cc1noc(C)c1S(=O)(=O)NC[C@@H](C)N1CCCC[C@H]1C. The van der Waals surface area contributed by atoms with Crippen molar-refractivity contribution in [1.82, 2.24) is 14.8 Å². The van der Waals surface area contributed by atoms with Gasteiger partial charge in [-0.05, 0) is 47.1 Å². The van der Waals surface area contributed by atoms with Crippen LogP contribution < -0.4 is 4.72 Å². The third-order valence-electron chi connectivity index (χ3n) is 4.23. The summed E-state index contributed by atoms with van der Waals surface area (Å²) in [5.41, 5.74) is 0.402. The summed E-state index contributed by atoms with van der Waals surface area (Å²) in [4.78, 5) is 2.54. The molecule has 2 heterocycles. The fourth-order valence-corrected chi connectivity index (χ4v) is 4.50. The summed E-state index contributed by atoms with van der Waals surface area (Å²) in [6, 6.07) is 0.688. The van der Waals surface area contributed by atoms with Crippen LogP contribution in [0.3, 0.4) is 0 Å². The molecular weight excluding hydrogens is 290 g/mol. The Bertz CT molecular complexity index is 563. The van der Waals surface area contributed by atoms with Crippen molar-refractivity contribution in [2.24, 2.45) is 0 Å². The molecule has 7 heteroatoms. The van der Waals surface area contributed by atoms with Crippen LogP contribution in [0.4, 0.5) is 0 Å². The zero-order valence-electron chi connectivity index (χ0n) is 13.2. The van der Waals surface area contributed by atoms with Gasteiger partial charge in [0.25, 0.3) is 0 Å². The van der Waals surface area contributed by atoms with Crippen molar-refractivity contribution in [2.75, 3.05) is 13.1 Å². The van der Waals surface area contributed by atoms with Gasteiger partial charge in [0, 0.05) is 18.6 Å². The molecule has 2 atom stereocenters. The summed E-state index contributed by atoms with van der Waals surface area (Å²) in [7, 11) is -3.56. The number of rotatable bonds is 5. The Balaban J connectivity index is 2.02. The van der Waals surface area contributed by atoms with E-state index in [1.54, 1.807) is 13.8 Å². The number of hydrogen-bond donors (Lipinski definition) is 1. The first-order valence-electron chi connectivity index (χ1n) is 7.51. The van der Waals surface area contributed by atoms with E-state index in [9.17, 15) is 8.42 Å². The molecular formula is C14H25N3O3S. The molecule has 1 aliphatic rings. The summed E-state index contributed by atoms with van der Waals surface area (Å²) >= 11 is 0. The van der Waals surface area contributed by atoms with E-state index in [1.165, 1.54) is 19.3 Å². The average Bonchev–Trinajstić information content (AvgIpc) is 2.77. The van der Waals surface area contributed by atoms with Gasteiger partial charge in [-0.3, -0.25) is 4.90 Å². The number of piperidine rings is 1. The largest absolute Gasteiger partial charge is 0.360 e. The van der Waals surface area contributed by atoms with Crippen molar-refractivity contribution in [1.29, 1.82) is 0 Å². The second-order valence-corrected chi connectivity index (χ2v) is 7.64. The van der Waals surface area contributed by atoms with E-state index in [0.29, 0.717) is 24.0 Å². The van der Waals surface area contributed by atoms with Gasteiger partial charge < -0.3 is 4.52 Å². The van der Waals surface area contributed by atoms with Crippen LogP contribution in [0, 0.1) is 13.8 Å². The predicted molar refractivity (Wildman–Crippen MR) is 80.6 cm³/mol. The monoisotopic (exact) mass is 315 g/mol. The lowest BCUT2D eigenvalue weighted by molar-refractivity contribution is 0.116. The Labute approximate surface area is 126 Å². The quantitative estimate of drug-likeness (QED) is 0.897. The number of likely N-dealkylation sites (tertiary alicyclic amines) is 1. The van der Waals surface area contributed by atoms with Gasteiger partial charge in [0.15, 0.2) is 5.76 Å². The second-order valence-electron chi connectivity index (χ2n) is 5.94. The molecule has 1 aliphatic heterocycles. The molecule has 1 N–H and O–H groups in total. The van der Waals surface area contributed by atoms with Crippen molar-refractivity contribution in [3.63, 3.8) is 0 Å². The Morgan fingerprint density at radius 1 is 1.43 bits per heavy atom. The second kappa shape index (κ2) is 6.46. The van der Waals surface area contributed by atoms with Gasteiger partial charge in [-0.2, -0.15) is 0 Å². The minimum absolute atomic E-state index is 0.168. The van der Waals surface area contributed by atoms with Gasteiger partial charge in [-0.25, -0.2) is 13.1 Å². The first-order valence-corrected chi connectivity index (χ1v) is 8.99. The molecule has 21 heavy (non-hydrogen) atoms. The van der Waals surface area contributed by atoms with E-state index in [0.717, 1.165) is 6.54 Å². The Kier molecular flexibility index (Phi) is 5.06. The van der Waals surface area contributed by atoms with Gasteiger partial charge in [0.1, 0.15) is 10.6 Å². The fourth-order valence-electron chi connectivity index (χ4n) is 3.05. The van der Waals surface area contributed by atoms with Crippen LogP contribution in [0.15, 0.2) is 9.42 Å². The summed E-state index contributed by atoms with van der Waals surface area (Å²) in [6.07, 6.45) is 3.63. The van der Waals surface area contributed by atoms with E-state index >= 15 is 0 Å². The topological polar surface area (TPSA) is 75.4 Å². The maximum absolute atomic E-state index is 12.4. The highest BCUT2D eigenvalue weighted by Gasteiger charge is 2.27. The van der Waals surface area contributed by atoms with Crippen molar-refractivity contribution < 1.29 is 12.9 Å².